The normalized spacial score (nSPS) is 20.6. The molecule has 0 aromatic carbocycles. The molecule has 0 bridgehead atoms. The molecule has 1 aromatic heterocycles. The number of carbonyl (C=O) groups is 1. The van der Waals surface area contributed by atoms with E-state index >= 15 is 0 Å². The summed E-state index contributed by atoms with van der Waals surface area (Å²) in [6.07, 6.45) is 4.15. The number of carbonyl (C=O) groups excluding carboxylic acids is 1. The highest BCUT2D eigenvalue weighted by molar-refractivity contribution is 5.76. The largest absolute Gasteiger partial charge is 0.353 e. The zero-order valence-corrected chi connectivity index (χ0v) is 12.2. The smallest absolute Gasteiger partial charge is 0.224 e. The minimum atomic E-state index is -0.0929. The third-order valence-corrected chi connectivity index (χ3v) is 3.72. The predicted octanol–water partition coefficient (Wildman–Crippen LogP) is 0.641. The van der Waals surface area contributed by atoms with E-state index in [4.69, 9.17) is 5.73 Å². The maximum atomic E-state index is 12.1. The Balaban J connectivity index is 1.98. The second-order valence-electron chi connectivity index (χ2n) is 5.51. The van der Waals surface area contributed by atoms with Gasteiger partial charge in [-0.3, -0.25) is 4.79 Å². The predicted molar refractivity (Wildman–Crippen MR) is 78.3 cm³/mol. The van der Waals surface area contributed by atoms with Crippen LogP contribution in [0.3, 0.4) is 0 Å². The van der Waals surface area contributed by atoms with E-state index in [0.29, 0.717) is 6.42 Å². The minimum absolute atomic E-state index is 0.0929. The molecule has 0 saturated carbocycles. The van der Waals surface area contributed by atoms with Crippen molar-refractivity contribution in [1.82, 2.24) is 15.1 Å². The van der Waals surface area contributed by atoms with E-state index in [0.717, 1.165) is 31.7 Å². The van der Waals surface area contributed by atoms with Crippen molar-refractivity contribution in [1.29, 1.82) is 0 Å². The Morgan fingerprint density at radius 1 is 1.65 bits per heavy atom. The summed E-state index contributed by atoms with van der Waals surface area (Å²) in [5.74, 6) is 0.997. The van der Waals surface area contributed by atoms with E-state index in [-0.39, 0.29) is 18.0 Å². The van der Waals surface area contributed by atoms with Crippen molar-refractivity contribution in [3.05, 3.63) is 18.3 Å². The molecular weight excluding hydrogens is 254 g/mol. The Labute approximate surface area is 120 Å². The van der Waals surface area contributed by atoms with Crippen LogP contribution in [-0.2, 0) is 4.79 Å². The van der Waals surface area contributed by atoms with Gasteiger partial charge in [-0.15, -0.1) is 5.10 Å². The standard InChI is InChI=1S/C14H23N5O/c1-11(15)9-14(20)18(2)12-5-4-8-19(10-12)13-6-3-7-16-17-13/h3,6-7,11-12H,4-5,8-10,15H2,1-2H3. The van der Waals surface area contributed by atoms with Gasteiger partial charge < -0.3 is 15.5 Å². The Morgan fingerprint density at radius 3 is 3.10 bits per heavy atom. The van der Waals surface area contributed by atoms with Crippen molar-refractivity contribution in [2.45, 2.75) is 38.3 Å². The lowest BCUT2D eigenvalue weighted by Gasteiger charge is -2.38. The van der Waals surface area contributed by atoms with Gasteiger partial charge >= 0.3 is 0 Å². The average Bonchev–Trinajstić information content (AvgIpc) is 2.47. The van der Waals surface area contributed by atoms with Crippen molar-refractivity contribution < 1.29 is 4.79 Å². The first-order valence-corrected chi connectivity index (χ1v) is 7.12. The molecule has 2 atom stereocenters. The van der Waals surface area contributed by atoms with Crippen molar-refractivity contribution >= 4 is 11.7 Å². The number of nitrogens with two attached hydrogens (primary N) is 1. The minimum Gasteiger partial charge on any atom is -0.353 e. The molecule has 2 N–H and O–H groups in total. The SMILES string of the molecule is CC(N)CC(=O)N(C)C1CCCN(c2cccnn2)C1. The van der Waals surface area contributed by atoms with Gasteiger partial charge in [0.1, 0.15) is 0 Å². The summed E-state index contributed by atoms with van der Waals surface area (Å²) in [6, 6.07) is 3.97. The van der Waals surface area contributed by atoms with Gasteiger partial charge in [0.05, 0.1) is 0 Å². The number of nitrogens with zero attached hydrogens (tertiary/aromatic N) is 4. The fourth-order valence-corrected chi connectivity index (χ4v) is 2.56. The number of aromatic nitrogens is 2. The number of anilines is 1. The maximum Gasteiger partial charge on any atom is 0.224 e. The van der Waals surface area contributed by atoms with Crippen LogP contribution < -0.4 is 10.6 Å². The molecule has 110 valence electrons. The van der Waals surface area contributed by atoms with Gasteiger partial charge in [-0.25, -0.2) is 0 Å². The highest BCUT2D eigenvalue weighted by Crippen LogP contribution is 2.20. The van der Waals surface area contributed by atoms with Crippen LogP contribution in [0.15, 0.2) is 18.3 Å². The van der Waals surface area contributed by atoms with Crippen LogP contribution in [0.5, 0.6) is 0 Å². The molecule has 1 amide bonds. The Bertz CT molecular complexity index is 436. The van der Waals surface area contributed by atoms with Gasteiger partial charge in [-0.2, -0.15) is 5.10 Å². The number of piperidine rings is 1. The second kappa shape index (κ2) is 6.65. The first kappa shape index (κ1) is 14.7. The first-order valence-electron chi connectivity index (χ1n) is 7.12. The highest BCUT2D eigenvalue weighted by Gasteiger charge is 2.26. The van der Waals surface area contributed by atoms with E-state index in [1.807, 2.05) is 31.0 Å². The molecule has 0 spiro atoms. The zero-order chi connectivity index (χ0) is 14.5. The van der Waals surface area contributed by atoms with Crippen molar-refractivity contribution in [3.8, 4) is 0 Å². The molecule has 1 fully saturated rings. The molecule has 20 heavy (non-hydrogen) atoms. The zero-order valence-electron chi connectivity index (χ0n) is 12.2. The van der Waals surface area contributed by atoms with E-state index in [1.54, 1.807) is 6.20 Å². The number of hydrogen-bond acceptors (Lipinski definition) is 5. The van der Waals surface area contributed by atoms with Gasteiger partial charge in [-0.1, -0.05) is 0 Å². The fraction of sp³-hybridized carbons (Fsp3) is 0.643. The van der Waals surface area contributed by atoms with Crippen LogP contribution in [0, 0.1) is 0 Å². The van der Waals surface area contributed by atoms with Crippen molar-refractivity contribution in [3.63, 3.8) is 0 Å². The molecule has 1 saturated heterocycles. The molecule has 2 heterocycles. The third-order valence-electron chi connectivity index (χ3n) is 3.72. The van der Waals surface area contributed by atoms with Crippen LogP contribution >= 0.6 is 0 Å². The molecule has 0 aliphatic carbocycles. The molecule has 6 nitrogen and oxygen atoms in total. The number of amides is 1. The molecule has 1 aromatic rings. The van der Waals surface area contributed by atoms with Crippen molar-refractivity contribution in [2.75, 3.05) is 25.0 Å². The maximum absolute atomic E-state index is 12.1. The Kier molecular flexibility index (Phi) is 4.89. The fourth-order valence-electron chi connectivity index (χ4n) is 2.56. The van der Waals surface area contributed by atoms with Crippen LogP contribution in [0.2, 0.25) is 0 Å². The van der Waals surface area contributed by atoms with Crippen LogP contribution in [0.1, 0.15) is 26.2 Å². The van der Waals surface area contributed by atoms with Gasteiger partial charge in [0, 0.05) is 44.8 Å². The summed E-state index contributed by atoms with van der Waals surface area (Å²) in [5, 5.41) is 8.06. The summed E-state index contributed by atoms with van der Waals surface area (Å²) >= 11 is 0. The quantitative estimate of drug-likeness (QED) is 0.874. The molecule has 6 heteroatoms. The highest BCUT2D eigenvalue weighted by atomic mass is 16.2. The average molecular weight is 277 g/mol. The topological polar surface area (TPSA) is 75.4 Å². The van der Waals surface area contributed by atoms with Crippen LogP contribution in [0.25, 0.3) is 0 Å². The van der Waals surface area contributed by atoms with Crippen LogP contribution in [0.4, 0.5) is 5.82 Å². The number of rotatable bonds is 4. The summed E-state index contributed by atoms with van der Waals surface area (Å²) < 4.78 is 0. The monoisotopic (exact) mass is 277 g/mol. The van der Waals surface area contributed by atoms with Gasteiger partial charge in [-0.05, 0) is 31.9 Å². The van der Waals surface area contributed by atoms with Gasteiger partial charge in [0.25, 0.3) is 0 Å². The van der Waals surface area contributed by atoms with Gasteiger partial charge in [0.15, 0.2) is 5.82 Å². The van der Waals surface area contributed by atoms with Crippen molar-refractivity contribution in [2.24, 2.45) is 5.73 Å². The molecule has 1 aliphatic rings. The van der Waals surface area contributed by atoms with E-state index in [1.165, 1.54) is 0 Å². The van der Waals surface area contributed by atoms with E-state index in [2.05, 4.69) is 15.1 Å². The van der Waals surface area contributed by atoms with Crippen LogP contribution in [-0.4, -0.2) is 53.2 Å². The molecule has 1 aliphatic heterocycles. The molecule has 0 radical (unpaired) electrons. The Morgan fingerprint density at radius 2 is 2.45 bits per heavy atom. The summed E-state index contributed by atoms with van der Waals surface area (Å²) in [7, 11) is 1.87. The second-order valence-corrected chi connectivity index (χ2v) is 5.51. The third kappa shape index (κ3) is 3.66. The summed E-state index contributed by atoms with van der Waals surface area (Å²) in [4.78, 5) is 16.1. The lowest BCUT2D eigenvalue weighted by molar-refractivity contribution is -0.132. The molecule has 2 rings (SSSR count). The number of hydrogen-bond donors (Lipinski definition) is 1. The molecular formula is C14H23N5O. The molecule has 2 unspecified atom stereocenters. The summed E-state index contributed by atoms with van der Waals surface area (Å²) in [6.45, 7) is 3.63. The van der Waals surface area contributed by atoms with E-state index < -0.39 is 0 Å². The van der Waals surface area contributed by atoms with Gasteiger partial charge in [0.2, 0.25) is 5.91 Å². The number of likely N-dealkylation sites (N-methyl/N-ethyl adjacent to an activating group) is 1. The lowest BCUT2D eigenvalue weighted by Crippen LogP contribution is -2.49. The van der Waals surface area contributed by atoms with E-state index in [9.17, 15) is 4.79 Å². The lowest BCUT2D eigenvalue weighted by atomic mass is 10.0. The first-order chi connectivity index (χ1) is 9.58. The Hall–Kier alpha value is -1.69. The summed E-state index contributed by atoms with van der Waals surface area (Å²) in [5.41, 5.74) is 5.70.